The second-order valence-corrected chi connectivity index (χ2v) is 6.70. The smallest absolute Gasteiger partial charge is 0.326 e. The Morgan fingerprint density at radius 1 is 1.04 bits per heavy atom. The summed E-state index contributed by atoms with van der Waals surface area (Å²) in [4.78, 5) is 38.9. The number of aromatic nitrogens is 1. The number of para-hydroxylation sites is 1. The molecule has 0 saturated heterocycles. The van der Waals surface area contributed by atoms with Crippen LogP contribution in [0.5, 0.6) is 0 Å². The summed E-state index contributed by atoms with van der Waals surface area (Å²) in [5.74, 6) is -1.38. The summed E-state index contributed by atoms with van der Waals surface area (Å²) in [6.45, 7) is 1.82. The number of carboxylic acids is 1. The van der Waals surface area contributed by atoms with E-state index in [1.54, 1.807) is 30.5 Å². The Hall–Kier alpha value is -3.41. The van der Waals surface area contributed by atoms with Crippen LogP contribution < -0.4 is 5.32 Å². The van der Waals surface area contributed by atoms with Gasteiger partial charge in [-0.3, -0.25) is 9.59 Å². The quantitative estimate of drug-likeness (QED) is 0.561. The molecule has 3 aromatic rings. The summed E-state index contributed by atoms with van der Waals surface area (Å²) < 4.78 is 0. The van der Waals surface area contributed by atoms with E-state index in [2.05, 4.69) is 10.3 Å². The highest BCUT2D eigenvalue weighted by Crippen LogP contribution is 2.17. The Labute approximate surface area is 162 Å². The Morgan fingerprint density at radius 3 is 2.43 bits per heavy atom. The maximum Gasteiger partial charge on any atom is 0.326 e. The molecule has 1 unspecified atom stereocenters. The number of carbonyl (C=O) groups is 3. The van der Waals surface area contributed by atoms with Gasteiger partial charge in [-0.1, -0.05) is 43.3 Å². The summed E-state index contributed by atoms with van der Waals surface area (Å²) >= 11 is 0. The maximum atomic E-state index is 12.6. The molecule has 0 saturated carbocycles. The van der Waals surface area contributed by atoms with E-state index >= 15 is 0 Å². The van der Waals surface area contributed by atoms with Crippen molar-refractivity contribution in [2.24, 2.45) is 0 Å². The normalized spacial score (nSPS) is 11.9. The van der Waals surface area contributed by atoms with Gasteiger partial charge < -0.3 is 15.4 Å². The summed E-state index contributed by atoms with van der Waals surface area (Å²) in [6, 6.07) is 13.3. The summed E-state index contributed by atoms with van der Waals surface area (Å²) in [6.07, 6.45) is 2.75. The molecule has 0 fully saturated rings. The molecule has 1 atom stereocenters. The van der Waals surface area contributed by atoms with Crippen LogP contribution in [-0.2, 0) is 22.4 Å². The van der Waals surface area contributed by atoms with Crippen LogP contribution in [0.2, 0.25) is 0 Å². The number of aliphatic carboxylic acids is 1. The molecular weight excluding hydrogens is 356 g/mol. The number of carbonyl (C=O) groups excluding carboxylic acids is 2. The molecule has 0 aliphatic heterocycles. The molecule has 1 amide bonds. The first-order valence-corrected chi connectivity index (χ1v) is 9.17. The zero-order valence-corrected chi connectivity index (χ0v) is 15.6. The first-order valence-electron chi connectivity index (χ1n) is 9.17. The second-order valence-electron chi connectivity index (χ2n) is 6.70. The first kappa shape index (κ1) is 19.4. The third kappa shape index (κ3) is 4.46. The molecule has 28 heavy (non-hydrogen) atoms. The van der Waals surface area contributed by atoms with Gasteiger partial charge in [0.25, 0.3) is 5.91 Å². The molecule has 0 aliphatic carbocycles. The van der Waals surface area contributed by atoms with Gasteiger partial charge in [0.2, 0.25) is 0 Å². The van der Waals surface area contributed by atoms with Gasteiger partial charge >= 0.3 is 5.97 Å². The van der Waals surface area contributed by atoms with Gasteiger partial charge in [-0.25, -0.2) is 4.79 Å². The van der Waals surface area contributed by atoms with Crippen molar-refractivity contribution < 1.29 is 19.5 Å². The minimum atomic E-state index is -1.10. The standard InChI is InChI=1S/C22H22N2O4/c1-2-17(25)12-14-6-8-15(9-7-14)13-19(22(27)28)24-21(26)18-5-3-4-16-10-11-23-20(16)18/h3-11,19,23H,2,12-13H2,1H3,(H,24,26)(H,27,28). The third-order valence-electron chi connectivity index (χ3n) is 4.69. The van der Waals surface area contributed by atoms with E-state index in [-0.39, 0.29) is 12.2 Å². The van der Waals surface area contributed by atoms with Gasteiger partial charge in [-0.2, -0.15) is 0 Å². The molecule has 3 N–H and O–H groups in total. The number of Topliss-reactive ketones (excluding diaryl/α,β-unsaturated/α-hetero) is 1. The van der Waals surface area contributed by atoms with Crippen LogP contribution in [0.4, 0.5) is 0 Å². The van der Waals surface area contributed by atoms with E-state index < -0.39 is 17.9 Å². The topological polar surface area (TPSA) is 99.3 Å². The molecule has 2 aromatic carbocycles. The number of hydrogen-bond acceptors (Lipinski definition) is 3. The van der Waals surface area contributed by atoms with Crippen LogP contribution in [0, 0.1) is 0 Å². The fourth-order valence-corrected chi connectivity index (χ4v) is 3.09. The van der Waals surface area contributed by atoms with Crippen LogP contribution in [0.3, 0.4) is 0 Å². The van der Waals surface area contributed by atoms with E-state index in [9.17, 15) is 19.5 Å². The molecule has 1 aromatic heterocycles. The summed E-state index contributed by atoms with van der Waals surface area (Å²) in [5, 5.41) is 13.0. The zero-order valence-electron chi connectivity index (χ0n) is 15.6. The molecule has 0 bridgehead atoms. The van der Waals surface area contributed by atoms with Crippen LogP contribution in [-0.4, -0.2) is 33.8 Å². The average Bonchev–Trinajstić information content (AvgIpc) is 3.17. The zero-order chi connectivity index (χ0) is 20.1. The number of rotatable bonds is 8. The third-order valence-corrected chi connectivity index (χ3v) is 4.69. The van der Waals surface area contributed by atoms with Gasteiger partial charge in [0.05, 0.1) is 11.1 Å². The number of nitrogens with one attached hydrogen (secondary N) is 2. The molecule has 1 heterocycles. The fraction of sp³-hybridized carbons (Fsp3) is 0.227. The number of H-pyrrole nitrogens is 1. The molecule has 6 heteroatoms. The van der Waals surface area contributed by atoms with E-state index in [0.29, 0.717) is 23.9 Å². The Balaban J connectivity index is 1.72. The molecule has 6 nitrogen and oxygen atoms in total. The lowest BCUT2D eigenvalue weighted by Gasteiger charge is -2.15. The van der Waals surface area contributed by atoms with Crippen molar-refractivity contribution in [2.45, 2.75) is 32.2 Å². The number of fused-ring (bicyclic) bond motifs is 1. The van der Waals surface area contributed by atoms with Crippen molar-refractivity contribution in [2.75, 3.05) is 0 Å². The first-order chi connectivity index (χ1) is 13.5. The van der Waals surface area contributed by atoms with E-state index in [0.717, 1.165) is 16.5 Å². The van der Waals surface area contributed by atoms with E-state index in [4.69, 9.17) is 0 Å². The highest BCUT2D eigenvalue weighted by atomic mass is 16.4. The van der Waals surface area contributed by atoms with Crippen molar-refractivity contribution >= 4 is 28.6 Å². The van der Waals surface area contributed by atoms with Gasteiger partial charge in [0.1, 0.15) is 11.8 Å². The number of benzene rings is 2. The van der Waals surface area contributed by atoms with Crippen LogP contribution in [0.25, 0.3) is 10.9 Å². The number of carboxylic acid groups (broad SMARTS) is 1. The Morgan fingerprint density at radius 2 is 1.75 bits per heavy atom. The molecule has 144 valence electrons. The lowest BCUT2D eigenvalue weighted by molar-refractivity contribution is -0.139. The highest BCUT2D eigenvalue weighted by molar-refractivity contribution is 6.06. The molecular formula is C22H22N2O4. The van der Waals surface area contributed by atoms with Crippen molar-refractivity contribution in [3.63, 3.8) is 0 Å². The Kier molecular flexibility index (Phi) is 5.89. The number of ketones is 1. The monoisotopic (exact) mass is 378 g/mol. The molecule has 0 radical (unpaired) electrons. The van der Waals surface area contributed by atoms with Crippen molar-refractivity contribution in [1.29, 1.82) is 0 Å². The minimum absolute atomic E-state index is 0.155. The van der Waals surface area contributed by atoms with Gasteiger partial charge in [-0.05, 0) is 23.3 Å². The molecule has 0 aliphatic rings. The number of hydrogen-bond donors (Lipinski definition) is 3. The number of aromatic amines is 1. The lowest BCUT2D eigenvalue weighted by atomic mass is 10.0. The number of amides is 1. The maximum absolute atomic E-state index is 12.6. The van der Waals surface area contributed by atoms with E-state index in [1.165, 1.54) is 0 Å². The molecule has 0 spiro atoms. The van der Waals surface area contributed by atoms with Gasteiger partial charge in [0, 0.05) is 30.8 Å². The predicted octanol–water partition coefficient (Wildman–Crippen LogP) is 3.12. The van der Waals surface area contributed by atoms with Crippen molar-refractivity contribution in [3.8, 4) is 0 Å². The fourth-order valence-electron chi connectivity index (χ4n) is 3.09. The largest absolute Gasteiger partial charge is 0.480 e. The SMILES string of the molecule is CCC(=O)Cc1ccc(CC(NC(=O)c2cccc3cc[nH]c23)C(=O)O)cc1. The highest BCUT2D eigenvalue weighted by Gasteiger charge is 2.22. The minimum Gasteiger partial charge on any atom is -0.480 e. The van der Waals surface area contributed by atoms with Crippen molar-refractivity contribution in [3.05, 3.63) is 71.4 Å². The Bertz CT molecular complexity index is 1000. The molecule has 3 rings (SSSR count). The second kappa shape index (κ2) is 8.52. The summed E-state index contributed by atoms with van der Waals surface area (Å²) in [7, 11) is 0. The summed E-state index contributed by atoms with van der Waals surface area (Å²) in [5.41, 5.74) is 2.75. The van der Waals surface area contributed by atoms with Crippen LogP contribution in [0.1, 0.15) is 34.8 Å². The lowest BCUT2D eigenvalue weighted by Crippen LogP contribution is -2.42. The predicted molar refractivity (Wildman–Crippen MR) is 106 cm³/mol. The van der Waals surface area contributed by atoms with E-state index in [1.807, 2.05) is 31.2 Å². The van der Waals surface area contributed by atoms with Gasteiger partial charge in [0.15, 0.2) is 0 Å². The van der Waals surface area contributed by atoms with Crippen LogP contribution in [0.15, 0.2) is 54.7 Å². The average molecular weight is 378 g/mol. The van der Waals surface area contributed by atoms with Crippen molar-refractivity contribution in [1.82, 2.24) is 10.3 Å². The van der Waals surface area contributed by atoms with Gasteiger partial charge in [-0.15, -0.1) is 0 Å². The van der Waals surface area contributed by atoms with Crippen LogP contribution >= 0.6 is 0 Å².